The summed E-state index contributed by atoms with van der Waals surface area (Å²) >= 11 is 0. The number of hydrogen-bond acceptors (Lipinski definition) is 4. The second kappa shape index (κ2) is 5.53. The Morgan fingerprint density at radius 1 is 1.27 bits per heavy atom. The maximum Gasteiger partial charge on any atom is 0.261 e. The van der Waals surface area contributed by atoms with Gasteiger partial charge in [0.1, 0.15) is 0 Å². The Morgan fingerprint density at radius 2 is 2.00 bits per heavy atom. The average Bonchev–Trinajstić information content (AvgIpc) is 3.06. The molecule has 6 heteroatoms. The molecular weight excluding hydrogens is 282 g/mol. The summed E-state index contributed by atoms with van der Waals surface area (Å²) in [4.78, 5) is 37.3. The fourth-order valence-corrected chi connectivity index (χ4v) is 3.26. The third kappa shape index (κ3) is 2.29. The molecule has 1 fully saturated rings. The van der Waals surface area contributed by atoms with Crippen LogP contribution in [0, 0.1) is 5.92 Å². The molecule has 3 rings (SSSR count). The molecule has 1 aromatic carbocycles. The summed E-state index contributed by atoms with van der Waals surface area (Å²) < 4.78 is 0. The van der Waals surface area contributed by atoms with Crippen molar-refractivity contribution in [3.8, 4) is 0 Å². The van der Waals surface area contributed by atoms with E-state index in [2.05, 4.69) is 5.32 Å². The third-order valence-corrected chi connectivity index (χ3v) is 4.63. The summed E-state index contributed by atoms with van der Waals surface area (Å²) in [5.41, 5.74) is 6.77. The monoisotopic (exact) mass is 301 g/mol. The first-order chi connectivity index (χ1) is 10.5. The van der Waals surface area contributed by atoms with Gasteiger partial charge >= 0.3 is 0 Å². The first-order valence-corrected chi connectivity index (χ1v) is 7.50. The van der Waals surface area contributed by atoms with Crippen LogP contribution >= 0.6 is 0 Å². The summed E-state index contributed by atoms with van der Waals surface area (Å²) in [6, 6.07) is 4.72. The lowest BCUT2D eigenvalue weighted by atomic mass is 10.0. The van der Waals surface area contributed by atoms with E-state index in [1.54, 1.807) is 12.1 Å². The zero-order chi connectivity index (χ0) is 15.9. The number of carbonyl (C=O) groups excluding carboxylic acids is 3. The van der Waals surface area contributed by atoms with Crippen molar-refractivity contribution in [3.63, 3.8) is 0 Å². The first kappa shape index (κ1) is 14.7. The highest BCUT2D eigenvalue weighted by atomic mass is 16.2. The molecule has 3 amide bonds. The molecule has 1 aliphatic carbocycles. The van der Waals surface area contributed by atoms with Gasteiger partial charge in [-0.05, 0) is 43.5 Å². The molecule has 0 aromatic heterocycles. The fourth-order valence-electron chi connectivity index (χ4n) is 3.26. The lowest BCUT2D eigenvalue weighted by molar-refractivity contribution is 0.0693. The molecule has 2 aliphatic rings. The van der Waals surface area contributed by atoms with Crippen molar-refractivity contribution in [3.05, 3.63) is 34.9 Å². The minimum absolute atomic E-state index is 0.0887. The molecule has 3 N–H and O–H groups in total. The number of rotatable bonds is 3. The summed E-state index contributed by atoms with van der Waals surface area (Å²) in [5.74, 6) is -0.600. The number of benzene rings is 1. The van der Waals surface area contributed by atoms with Crippen LogP contribution in [0.2, 0.25) is 0 Å². The van der Waals surface area contributed by atoms with Crippen molar-refractivity contribution in [2.45, 2.75) is 25.3 Å². The molecule has 0 spiro atoms. The highest BCUT2D eigenvalue weighted by molar-refractivity contribution is 6.21. The summed E-state index contributed by atoms with van der Waals surface area (Å²) in [6.07, 6.45) is 3.02. The van der Waals surface area contributed by atoms with Crippen LogP contribution < -0.4 is 11.1 Å². The Hall–Kier alpha value is -2.21. The minimum Gasteiger partial charge on any atom is -0.349 e. The number of nitrogens with two attached hydrogens (primary N) is 1. The highest BCUT2D eigenvalue weighted by Gasteiger charge is 2.34. The molecule has 1 heterocycles. The van der Waals surface area contributed by atoms with E-state index in [9.17, 15) is 14.4 Å². The van der Waals surface area contributed by atoms with Crippen LogP contribution in [0.3, 0.4) is 0 Å². The molecule has 0 radical (unpaired) electrons. The molecule has 0 saturated heterocycles. The van der Waals surface area contributed by atoms with Crippen LogP contribution in [-0.4, -0.2) is 42.3 Å². The van der Waals surface area contributed by atoms with Crippen molar-refractivity contribution in [2.75, 3.05) is 13.6 Å². The van der Waals surface area contributed by atoms with E-state index in [0.29, 0.717) is 29.2 Å². The fraction of sp³-hybridized carbons (Fsp3) is 0.438. The Labute approximate surface area is 128 Å². The highest BCUT2D eigenvalue weighted by Crippen LogP contribution is 2.26. The number of amides is 3. The molecule has 116 valence electrons. The van der Waals surface area contributed by atoms with Crippen molar-refractivity contribution in [2.24, 2.45) is 11.7 Å². The number of fused-ring (bicyclic) bond motifs is 1. The Kier molecular flexibility index (Phi) is 3.70. The predicted octanol–water partition coefficient (Wildman–Crippen LogP) is 0.770. The van der Waals surface area contributed by atoms with Gasteiger partial charge in [-0.1, -0.05) is 6.42 Å². The summed E-state index contributed by atoms with van der Waals surface area (Å²) in [7, 11) is 1.44. The van der Waals surface area contributed by atoms with Gasteiger partial charge < -0.3 is 11.1 Å². The van der Waals surface area contributed by atoms with E-state index in [4.69, 9.17) is 5.73 Å². The molecule has 1 aromatic rings. The van der Waals surface area contributed by atoms with Crippen LogP contribution in [0.15, 0.2) is 18.2 Å². The third-order valence-electron chi connectivity index (χ3n) is 4.63. The van der Waals surface area contributed by atoms with Gasteiger partial charge in [-0.2, -0.15) is 0 Å². The Morgan fingerprint density at radius 3 is 2.73 bits per heavy atom. The average molecular weight is 301 g/mol. The van der Waals surface area contributed by atoms with Crippen molar-refractivity contribution >= 4 is 17.7 Å². The zero-order valence-corrected chi connectivity index (χ0v) is 12.5. The van der Waals surface area contributed by atoms with E-state index in [1.807, 2.05) is 0 Å². The molecular formula is C16H19N3O3. The lowest BCUT2D eigenvalue weighted by Gasteiger charge is -2.19. The van der Waals surface area contributed by atoms with Crippen molar-refractivity contribution in [1.82, 2.24) is 10.2 Å². The van der Waals surface area contributed by atoms with Gasteiger partial charge in [-0.25, -0.2) is 0 Å². The van der Waals surface area contributed by atoms with E-state index < -0.39 is 0 Å². The maximum atomic E-state index is 12.4. The number of imide groups is 1. The van der Waals surface area contributed by atoms with Crippen LogP contribution in [0.25, 0.3) is 0 Å². The molecule has 1 aliphatic heterocycles. The van der Waals surface area contributed by atoms with Crippen molar-refractivity contribution < 1.29 is 14.4 Å². The minimum atomic E-state index is -0.365. The van der Waals surface area contributed by atoms with Gasteiger partial charge in [-0.3, -0.25) is 19.3 Å². The summed E-state index contributed by atoms with van der Waals surface area (Å²) in [5, 5.41) is 3.00. The molecule has 6 nitrogen and oxygen atoms in total. The van der Waals surface area contributed by atoms with Crippen molar-refractivity contribution in [1.29, 1.82) is 0 Å². The number of nitrogens with one attached hydrogen (secondary N) is 1. The summed E-state index contributed by atoms with van der Waals surface area (Å²) in [6.45, 7) is 0.562. The number of carbonyl (C=O) groups is 3. The van der Waals surface area contributed by atoms with Gasteiger partial charge in [-0.15, -0.1) is 0 Å². The van der Waals surface area contributed by atoms with Gasteiger partial charge in [0.05, 0.1) is 11.1 Å². The van der Waals surface area contributed by atoms with Crippen LogP contribution in [0.5, 0.6) is 0 Å². The van der Waals surface area contributed by atoms with E-state index in [-0.39, 0.29) is 23.8 Å². The molecule has 2 unspecified atom stereocenters. The van der Waals surface area contributed by atoms with Gasteiger partial charge in [0.2, 0.25) is 0 Å². The number of nitrogens with zero attached hydrogens (tertiary/aromatic N) is 1. The molecule has 2 atom stereocenters. The van der Waals surface area contributed by atoms with Crippen LogP contribution in [-0.2, 0) is 0 Å². The smallest absolute Gasteiger partial charge is 0.261 e. The van der Waals surface area contributed by atoms with Crippen LogP contribution in [0.4, 0.5) is 0 Å². The van der Waals surface area contributed by atoms with E-state index in [1.165, 1.54) is 13.1 Å². The second-order valence-electron chi connectivity index (χ2n) is 5.94. The quantitative estimate of drug-likeness (QED) is 0.807. The molecule has 0 bridgehead atoms. The number of hydrogen-bond donors (Lipinski definition) is 2. The molecule has 1 saturated carbocycles. The largest absolute Gasteiger partial charge is 0.349 e. The van der Waals surface area contributed by atoms with Gasteiger partial charge in [0.25, 0.3) is 17.7 Å². The lowest BCUT2D eigenvalue weighted by Crippen LogP contribution is -2.39. The standard InChI is InChI=1S/C16H19N3O3/c1-19-15(21)11-6-5-9(7-12(11)16(19)22)14(20)18-13-4-2-3-10(13)8-17/h5-7,10,13H,2-4,8,17H2,1H3,(H,18,20). The molecule has 22 heavy (non-hydrogen) atoms. The Balaban J connectivity index is 1.80. The van der Waals surface area contributed by atoms with Crippen LogP contribution in [0.1, 0.15) is 50.3 Å². The predicted molar refractivity (Wildman–Crippen MR) is 80.5 cm³/mol. The Bertz CT molecular complexity index is 656. The normalized spacial score (nSPS) is 23.8. The topological polar surface area (TPSA) is 92.5 Å². The first-order valence-electron chi connectivity index (χ1n) is 7.50. The SMILES string of the molecule is CN1C(=O)c2ccc(C(=O)NC3CCCC3CN)cc2C1=O. The van der Waals surface area contributed by atoms with E-state index in [0.717, 1.165) is 24.2 Å². The maximum absolute atomic E-state index is 12.4. The second-order valence-corrected chi connectivity index (χ2v) is 5.94. The zero-order valence-electron chi connectivity index (χ0n) is 12.5. The van der Waals surface area contributed by atoms with E-state index >= 15 is 0 Å². The van der Waals surface area contributed by atoms with Gasteiger partial charge in [0, 0.05) is 18.7 Å². The van der Waals surface area contributed by atoms with Gasteiger partial charge in [0.15, 0.2) is 0 Å².